The molecule has 0 fully saturated rings. The van der Waals surface area contributed by atoms with Crippen molar-refractivity contribution in [3.63, 3.8) is 0 Å². The summed E-state index contributed by atoms with van der Waals surface area (Å²) in [7, 11) is 0. The van der Waals surface area contributed by atoms with Crippen LogP contribution in [0.2, 0.25) is 0 Å². The van der Waals surface area contributed by atoms with Crippen LogP contribution in [0.4, 0.5) is 0 Å². The number of rotatable bonds is 4. The van der Waals surface area contributed by atoms with Crippen LogP contribution in [0.25, 0.3) is 0 Å². The topological polar surface area (TPSA) is 50.2 Å². The molecule has 0 aliphatic rings. The maximum Gasteiger partial charge on any atom is 0.304 e. The summed E-state index contributed by atoms with van der Waals surface area (Å²) in [5, 5.41) is 9.13. The van der Waals surface area contributed by atoms with Crippen LogP contribution in [0.15, 0.2) is 47.1 Å². The predicted octanol–water partition coefficient (Wildman–Crippen LogP) is 3.76. The van der Waals surface area contributed by atoms with Crippen molar-refractivity contribution in [3.05, 3.63) is 63.9 Å². The molecule has 2 aromatic rings. The maximum atomic E-state index is 11.1. The van der Waals surface area contributed by atoms with Gasteiger partial charge in [0, 0.05) is 22.3 Å². The minimum absolute atomic E-state index is 0.0360. The molecule has 0 radical (unpaired) electrons. The van der Waals surface area contributed by atoms with Gasteiger partial charge in [0.1, 0.15) is 0 Å². The molecule has 2 rings (SSSR count). The average molecular weight is 320 g/mol. The highest BCUT2D eigenvalue weighted by Crippen LogP contribution is 2.31. The van der Waals surface area contributed by atoms with E-state index in [4.69, 9.17) is 5.11 Å². The van der Waals surface area contributed by atoms with Gasteiger partial charge in [-0.05, 0) is 42.3 Å². The zero-order valence-corrected chi connectivity index (χ0v) is 12.1. The van der Waals surface area contributed by atoms with Crippen molar-refractivity contribution in [2.75, 3.05) is 0 Å². The molecular weight excluding hydrogens is 306 g/mol. The third-order valence-electron chi connectivity index (χ3n) is 3.04. The van der Waals surface area contributed by atoms with E-state index in [1.54, 1.807) is 6.20 Å². The van der Waals surface area contributed by atoms with E-state index in [-0.39, 0.29) is 12.3 Å². The molecule has 3 nitrogen and oxygen atoms in total. The lowest BCUT2D eigenvalue weighted by Crippen LogP contribution is -2.10. The standard InChI is InChI=1S/C15H14BrNO2/c1-10-5-6-11(16)8-12(10)13(9-15(18)19)14-4-2-3-7-17-14/h2-8,13H,9H2,1H3,(H,18,19). The number of halogens is 1. The Morgan fingerprint density at radius 2 is 2.16 bits per heavy atom. The van der Waals surface area contributed by atoms with E-state index in [1.165, 1.54) is 0 Å². The fourth-order valence-corrected chi connectivity index (χ4v) is 2.50. The first kappa shape index (κ1) is 13.7. The van der Waals surface area contributed by atoms with Gasteiger partial charge in [0.2, 0.25) is 0 Å². The summed E-state index contributed by atoms with van der Waals surface area (Å²) in [6.45, 7) is 1.99. The number of aliphatic carboxylic acids is 1. The molecule has 4 heteroatoms. The Labute approximate surface area is 120 Å². The first-order chi connectivity index (χ1) is 9.08. The van der Waals surface area contributed by atoms with Crippen LogP contribution in [0.3, 0.4) is 0 Å². The Kier molecular flexibility index (Phi) is 4.32. The molecule has 0 saturated carbocycles. The number of aryl methyl sites for hydroxylation is 1. The van der Waals surface area contributed by atoms with Gasteiger partial charge in [0.05, 0.1) is 6.42 Å². The Morgan fingerprint density at radius 3 is 2.79 bits per heavy atom. The number of carboxylic acid groups (broad SMARTS) is 1. The third-order valence-corrected chi connectivity index (χ3v) is 3.53. The number of pyridine rings is 1. The smallest absolute Gasteiger partial charge is 0.304 e. The first-order valence-corrected chi connectivity index (χ1v) is 6.76. The molecule has 19 heavy (non-hydrogen) atoms. The van der Waals surface area contributed by atoms with Crippen LogP contribution in [0.1, 0.15) is 29.2 Å². The summed E-state index contributed by atoms with van der Waals surface area (Å²) >= 11 is 3.44. The highest BCUT2D eigenvalue weighted by Gasteiger charge is 2.20. The second-order valence-electron chi connectivity index (χ2n) is 4.41. The van der Waals surface area contributed by atoms with Crippen LogP contribution in [0, 0.1) is 6.92 Å². The highest BCUT2D eigenvalue weighted by molar-refractivity contribution is 9.10. The van der Waals surface area contributed by atoms with Gasteiger partial charge in [-0.1, -0.05) is 28.1 Å². The van der Waals surface area contributed by atoms with E-state index >= 15 is 0 Å². The number of hydrogen-bond donors (Lipinski definition) is 1. The van der Waals surface area contributed by atoms with E-state index in [9.17, 15) is 4.79 Å². The first-order valence-electron chi connectivity index (χ1n) is 5.96. The number of hydrogen-bond acceptors (Lipinski definition) is 2. The summed E-state index contributed by atoms with van der Waals surface area (Å²) < 4.78 is 0.944. The SMILES string of the molecule is Cc1ccc(Br)cc1C(CC(=O)O)c1ccccn1. The van der Waals surface area contributed by atoms with Gasteiger partial charge in [0.15, 0.2) is 0 Å². The third kappa shape index (κ3) is 3.41. The van der Waals surface area contributed by atoms with Gasteiger partial charge in [-0.15, -0.1) is 0 Å². The quantitative estimate of drug-likeness (QED) is 0.933. The van der Waals surface area contributed by atoms with E-state index in [1.807, 2.05) is 43.3 Å². The summed E-state index contributed by atoms with van der Waals surface area (Å²) in [5.74, 6) is -1.05. The molecule has 1 N–H and O–H groups in total. The number of benzene rings is 1. The Bertz CT molecular complexity index is 584. The Hall–Kier alpha value is -1.68. The van der Waals surface area contributed by atoms with Crippen LogP contribution in [-0.2, 0) is 4.79 Å². The lowest BCUT2D eigenvalue weighted by molar-refractivity contribution is -0.137. The van der Waals surface area contributed by atoms with E-state index in [0.717, 1.165) is 21.3 Å². The van der Waals surface area contributed by atoms with Gasteiger partial charge in [0.25, 0.3) is 0 Å². The fraction of sp³-hybridized carbons (Fsp3) is 0.200. The molecule has 0 spiro atoms. The molecule has 0 saturated heterocycles. The second-order valence-corrected chi connectivity index (χ2v) is 5.32. The minimum Gasteiger partial charge on any atom is -0.481 e. The van der Waals surface area contributed by atoms with Crippen molar-refractivity contribution < 1.29 is 9.90 Å². The Morgan fingerprint density at radius 1 is 1.37 bits per heavy atom. The highest BCUT2D eigenvalue weighted by atomic mass is 79.9. The molecule has 0 bridgehead atoms. The van der Waals surface area contributed by atoms with Crippen molar-refractivity contribution in [2.45, 2.75) is 19.3 Å². The second kappa shape index (κ2) is 5.97. The molecule has 1 aromatic heterocycles. The Balaban J connectivity index is 2.48. The van der Waals surface area contributed by atoms with Gasteiger partial charge in [-0.25, -0.2) is 0 Å². The van der Waals surface area contributed by atoms with Crippen LogP contribution in [0.5, 0.6) is 0 Å². The van der Waals surface area contributed by atoms with Crippen molar-refractivity contribution in [2.24, 2.45) is 0 Å². The van der Waals surface area contributed by atoms with Crippen LogP contribution in [-0.4, -0.2) is 16.1 Å². The number of carbonyl (C=O) groups is 1. The van der Waals surface area contributed by atoms with Crippen molar-refractivity contribution >= 4 is 21.9 Å². The minimum atomic E-state index is -0.824. The zero-order chi connectivity index (χ0) is 13.8. The van der Waals surface area contributed by atoms with Gasteiger partial charge >= 0.3 is 5.97 Å². The molecule has 1 atom stereocenters. The molecule has 0 amide bonds. The molecule has 0 aliphatic carbocycles. The van der Waals surface area contributed by atoms with Gasteiger partial charge in [-0.3, -0.25) is 9.78 Å². The van der Waals surface area contributed by atoms with Gasteiger partial charge < -0.3 is 5.11 Å². The molecule has 1 unspecified atom stereocenters. The lowest BCUT2D eigenvalue weighted by Gasteiger charge is -2.17. The molecular formula is C15H14BrNO2. The monoisotopic (exact) mass is 319 g/mol. The fourth-order valence-electron chi connectivity index (χ4n) is 2.12. The van der Waals surface area contributed by atoms with E-state index in [0.29, 0.717) is 0 Å². The summed E-state index contributed by atoms with van der Waals surface area (Å²) in [6, 6.07) is 11.5. The van der Waals surface area contributed by atoms with Crippen molar-refractivity contribution in [1.29, 1.82) is 0 Å². The largest absolute Gasteiger partial charge is 0.481 e. The lowest BCUT2D eigenvalue weighted by atomic mass is 9.89. The van der Waals surface area contributed by atoms with Gasteiger partial charge in [-0.2, -0.15) is 0 Å². The molecule has 1 aromatic carbocycles. The number of aromatic nitrogens is 1. The van der Waals surface area contributed by atoms with Crippen molar-refractivity contribution in [3.8, 4) is 0 Å². The van der Waals surface area contributed by atoms with E-state index in [2.05, 4.69) is 20.9 Å². The number of carboxylic acids is 1. The van der Waals surface area contributed by atoms with Crippen molar-refractivity contribution in [1.82, 2.24) is 4.98 Å². The normalized spacial score (nSPS) is 12.1. The van der Waals surface area contributed by atoms with Crippen LogP contribution < -0.4 is 0 Å². The summed E-state index contributed by atoms with van der Waals surface area (Å²) in [4.78, 5) is 15.4. The van der Waals surface area contributed by atoms with Crippen LogP contribution >= 0.6 is 15.9 Å². The summed E-state index contributed by atoms with van der Waals surface area (Å²) in [5.41, 5.74) is 2.85. The van der Waals surface area contributed by atoms with E-state index < -0.39 is 5.97 Å². The summed E-state index contributed by atoms with van der Waals surface area (Å²) in [6.07, 6.45) is 1.73. The molecule has 1 heterocycles. The predicted molar refractivity (Wildman–Crippen MR) is 77.2 cm³/mol. The average Bonchev–Trinajstić information content (AvgIpc) is 2.40. The zero-order valence-electron chi connectivity index (χ0n) is 10.5. The number of nitrogens with zero attached hydrogens (tertiary/aromatic N) is 1. The molecule has 98 valence electrons. The maximum absolute atomic E-state index is 11.1. The molecule has 0 aliphatic heterocycles.